The molecule has 1 aliphatic rings. The van der Waals surface area contributed by atoms with Crippen molar-refractivity contribution >= 4 is 15.9 Å². The number of hydrogen-bond donors (Lipinski definition) is 1. The van der Waals surface area contributed by atoms with Crippen molar-refractivity contribution in [2.45, 2.75) is 19.6 Å². The molecule has 2 N–H and O–H groups in total. The molecule has 19 heavy (non-hydrogen) atoms. The number of ether oxygens (including phenoxy) is 1. The lowest BCUT2D eigenvalue weighted by Crippen LogP contribution is -2.24. The third-order valence-corrected chi connectivity index (χ3v) is 3.83. The molecule has 5 nitrogen and oxygen atoms in total. The zero-order valence-corrected chi connectivity index (χ0v) is 11.7. The van der Waals surface area contributed by atoms with Gasteiger partial charge < -0.3 is 10.5 Å². The minimum absolute atomic E-state index is 0.00551. The topological polar surface area (TPSA) is 81.8 Å². The van der Waals surface area contributed by atoms with E-state index >= 15 is 0 Å². The molecule has 0 saturated carbocycles. The third kappa shape index (κ3) is 3.14. The molecule has 0 bridgehead atoms. The number of sulfonamides is 1. The summed E-state index contributed by atoms with van der Waals surface area (Å²) in [5.41, 5.74) is 8.09. The molecule has 0 unspecified atom stereocenters. The molecule has 0 aliphatic carbocycles. The molecule has 0 radical (unpaired) electrons. The molecule has 1 aromatic rings. The fourth-order valence-electron chi connectivity index (χ4n) is 1.83. The van der Waals surface area contributed by atoms with Crippen molar-refractivity contribution in [1.82, 2.24) is 0 Å². The van der Waals surface area contributed by atoms with Crippen LogP contribution in [-0.2, 0) is 15.8 Å². The molecule has 0 amide bonds. The molecule has 1 aromatic carbocycles. The number of hydrogen-bond acceptors (Lipinski definition) is 4. The molecule has 0 atom stereocenters. The summed E-state index contributed by atoms with van der Waals surface area (Å²) in [6.45, 7) is 4.37. The highest BCUT2D eigenvalue weighted by Crippen LogP contribution is 2.28. The Bertz CT molecular complexity index is 656. The second-order valence-corrected chi connectivity index (χ2v) is 6.22. The highest BCUT2D eigenvalue weighted by molar-refractivity contribution is 7.89. The molecule has 1 heterocycles. The molecule has 0 spiro atoms. The van der Waals surface area contributed by atoms with Crippen LogP contribution in [-0.4, -0.2) is 20.9 Å². The summed E-state index contributed by atoms with van der Waals surface area (Å²) >= 11 is 0. The average molecular weight is 280 g/mol. The highest BCUT2D eigenvalue weighted by atomic mass is 32.2. The van der Waals surface area contributed by atoms with Crippen LogP contribution in [0.3, 0.4) is 0 Å². The van der Waals surface area contributed by atoms with Crippen LogP contribution in [0.2, 0.25) is 0 Å². The smallest absolute Gasteiger partial charge is 0.259 e. The maximum Gasteiger partial charge on any atom is 0.259 e. The lowest BCUT2D eigenvalue weighted by atomic mass is 10.1. The van der Waals surface area contributed by atoms with Crippen LogP contribution in [0.15, 0.2) is 34.2 Å². The Hall–Kier alpha value is -1.82. The van der Waals surface area contributed by atoms with Crippen molar-refractivity contribution in [2.24, 2.45) is 10.1 Å². The molecule has 0 aromatic heterocycles. The van der Waals surface area contributed by atoms with E-state index in [0.717, 1.165) is 5.57 Å². The first-order chi connectivity index (χ1) is 8.89. The van der Waals surface area contributed by atoms with Gasteiger partial charge in [0, 0.05) is 0 Å². The number of rotatable bonds is 3. The maximum absolute atomic E-state index is 11.5. The van der Waals surface area contributed by atoms with E-state index in [9.17, 15) is 8.42 Å². The van der Waals surface area contributed by atoms with Crippen molar-refractivity contribution in [3.05, 3.63) is 41.0 Å². The van der Waals surface area contributed by atoms with Crippen molar-refractivity contribution in [2.75, 3.05) is 6.61 Å². The first kappa shape index (κ1) is 13.6. The standard InChI is InChI=1S/C13H16N2O3S/c1-9(2)6-7-18-11-5-3-4-10-8-19(16,17)15-13(14)12(10)11/h3-6H,7-8H2,1-2H3,(H2,14,15). The van der Waals surface area contributed by atoms with Gasteiger partial charge in [0.15, 0.2) is 0 Å². The number of amidine groups is 1. The first-order valence-corrected chi connectivity index (χ1v) is 7.46. The third-order valence-electron chi connectivity index (χ3n) is 2.67. The van der Waals surface area contributed by atoms with E-state index in [1.165, 1.54) is 0 Å². The van der Waals surface area contributed by atoms with Gasteiger partial charge in [-0.2, -0.15) is 0 Å². The number of nitrogens with zero attached hydrogens (tertiary/aromatic N) is 1. The summed E-state index contributed by atoms with van der Waals surface area (Å²) in [5.74, 6) is 0.420. The quantitative estimate of drug-likeness (QED) is 0.852. The summed E-state index contributed by atoms with van der Waals surface area (Å²) in [6, 6.07) is 5.24. The van der Waals surface area contributed by atoms with Crippen LogP contribution in [0, 0.1) is 0 Å². The Morgan fingerprint density at radius 3 is 2.89 bits per heavy atom. The van der Waals surface area contributed by atoms with Crippen LogP contribution >= 0.6 is 0 Å². The molecule has 0 fully saturated rings. The van der Waals surface area contributed by atoms with E-state index in [0.29, 0.717) is 23.5 Å². The van der Waals surface area contributed by atoms with Gasteiger partial charge in [-0.3, -0.25) is 0 Å². The van der Waals surface area contributed by atoms with E-state index in [4.69, 9.17) is 10.5 Å². The van der Waals surface area contributed by atoms with Gasteiger partial charge in [-0.05, 0) is 31.6 Å². The lowest BCUT2D eigenvalue weighted by Gasteiger charge is -2.17. The van der Waals surface area contributed by atoms with Gasteiger partial charge in [0.2, 0.25) is 0 Å². The van der Waals surface area contributed by atoms with Crippen LogP contribution in [0.4, 0.5) is 0 Å². The second kappa shape index (κ2) is 5.05. The molecule has 6 heteroatoms. The van der Waals surface area contributed by atoms with E-state index < -0.39 is 10.0 Å². The van der Waals surface area contributed by atoms with Crippen molar-refractivity contribution < 1.29 is 13.2 Å². The van der Waals surface area contributed by atoms with Gasteiger partial charge in [-0.15, -0.1) is 4.40 Å². The Morgan fingerprint density at radius 2 is 2.21 bits per heavy atom. The largest absolute Gasteiger partial charge is 0.489 e. The van der Waals surface area contributed by atoms with Crippen LogP contribution < -0.4 is 10.5 Å². The van der Waals surface area contributed by atoms with E-state index in [2.05, 4.69) is 4.40 Å². The summed E-state index contributed by atoms with van der Waals surface area (Å²) in [7, 11) is -3.50. The summed E-state index contributed by atoms with van der Waals surface area (Å²) in [4.78, 5) is 0. The van der Waals surface area contributed by atoms with Gasteiger partial charge in [0.25, 0.3) is 10.0 Å². The van der Waals surface area contributed by atoms with Crippen molar-refractivity contribution in [1.29, 1.82) is 0 Å². The second-order valence-electron chi connectivity index (χ2n) is 4.59. The predicted molar refractivity (Wildman–Crippen MR) is 74.7 cm³/mol. The summed E-state index contributed by atoms with van der Waals surface area (Å²) in [5, 5.41) is 0. The monoisotopic (exact) mass is 280 g/mol. The highest BCUT2D eigenvalue weighted by Gasteiger charge is 2.24. The first-order valence-electron chi connectivity index (χ1n) is 5.85. The van der Waals surface area contributed by atoms with Gasteiger partial charge in [-0.1, -0.05) is 17.7 Å². The number of benzene rings is 1. The zero-order valence-electron chi connectivity index (χ0n) is 10.9. The number of allylic oxidation sites excluding steroid dienone is 1. The molecule has 2 rings (SSSR count). The zero-order chi connectivity index (χ0) is 14.0. The molecule has 102 valence electrons. The number of fused-ring (bicyclic) bond motifs is 1. The van der Waals surface area contributed by atoms with Crippen LogP contribution in [0.25, 0.3) is 0 Å². The molecule has 0 saturated heterocycles. The van der Waals surface area contributed by atoms with E-state index in [-0.39, 0.29) is 11.6 Å². The Morgan fingerprint density at radius 1 is 1.47 bits per heavy atom. The Labute approximate surface area is 112 Å². The maximum atomic E-state index is 11.5. The SMILES string of the molecule is CC(C)=CCOc1cccc2c1C(N)=NS(=O)(=O)C2. The van der Waals surface area contributed by atoms with Crippen LogP contribution in [0.1, 0.15) is 25.0 Å². The number of nitrogens with two attached hydrogens (primary N) is 1. The van der Waals surface area contributed by atoms with E-state index in [1.807, 2.05) is 19.9 Å². The lowest BCUT2D eigenvalue weighted by molar-refractivity contribution is 0.361. The summed E-state index contributed by atoms with van der Waals surface area (Å²) < 4.78 is 32.2. The predicted octanol–water partition coefficient (Wildman–Crippen LogP) is 1.58. The van der Waals surface area contributed by atoms with Gasteiger partial charge in [0.1, 0.15) is 18.2 Å². The van der Waals surface area contributed by atoms with Gasteiger partial charge in [0.05, 0.1) is 11.3 Å². The van der Waals surface area contributed by atoms with Crippen molar-refractivity contribution in [3.8, 4) is 5.75 Å². The minimum atomic E-state index is -3.50. The Kier molecular flexibility index (Phi) is 3.61. The fraction of sp³-hybridized carbons (Fsp3) is 0.308. The molecule has 1 aliphatic heterocycles. The molecular formula is C13H16N2O3S. The Balaban J connectivity index is 2.37. The molecular weight excluding hydrogens is 264 g/mol. The summed E-state index contributed by atoms with van der Waals surface area (Å²) in [6.07, 6.45) is 1.94. The average Bonchev–Trinajstić information content (AvgIpc) is 2.26. The normalized spacial score (nSPS) is 16.2. The van der Waals surface area contributed by atoms with Crippen LogP contribution in [0.5, 0.6) is 5.75 Å². The fourth-order valence-corrected chi connectivity index (χ4v) is 2.92. The van der Waals surface area contributed by atoms with Crippen molar-refractivity contribution in [3.63, 3.8) is 0 Å². The van der Waals surface area contributed by atoms with Gasteiger partial charge >= 0.3 is 0 Å². The van der Waals surface area contributed by atoms with Gasteiger partial charge in [-0.25, -0.2) is 8.42 Å². The minimum Gasteiger partial charge on any atom is -0.489 e. The van der Waals surface area contributed by atoms with E-state index in [1.54, 1.807) is 18.2 Å².